The van der Waals surface area contributed by atoms with E-state index in [0.29, 0.717) is 32.7 Å². The van der Waals surface area contributed by atoms with Crippen LogP contribution in [0, 0.1) is 0 Å². The van der Waals surface area contributed by atoms with Gasteiger partial charge in [0.1, 0.15) is 6.04 Å². The lowest BCUT2D eigenvalue weighted by Crippen LogP contribution is -2.57. The van der Waals surface area contributed by atoms with E-state index in [0.717, 1.165) is 6.42 Å². The Balaban J connectivity index is 2.51. The van der Waals surface area contributed by atoms with Gasteiger partial charge >= 0.3 is 0 Å². The van der Waals surface area contributed by atoms with Crippen LogP contribution in [0.1, 0.15) is 33.6 Å². The lowest BCUT2D eigenvalue weighted by Gasteiger charge is -2.31. The molecule has 19 heavy (non-hydrogen) atoms. The summed E-state index contributed by atoms with van der Waals surface area (Å²) in [5.74, 6) is -0.354. The first-order valence-corrected chi connectivity index (χ1v) is 6.85. The van der Waals surface area contributed by atoms with Gasteiger partial charge in [-0.2, -0.15) is 0 Å². The third kappa shape index (κ3) is 4.47. The Morgan fingerprint density at radius 3 is 2.53 bits per heavy atom. The molecular formula is C13H25N3O3. The Hall–Kier alpha value is -1.14. The third-order valence-corrected chi connectivity index (χ3v) is 3.33. The van der Waals surface area contributed by atoms with E-state index in [1.807, 2.05) is 6.92 Å². The van der Waals surface area contributed by atoms with Crippen LogP contribution in [0.15, 0.2) is 0 Å². The van der Waals surface area contributed by atoms with Gasteiger partial charge in [-0.25, -0.2) is 0 Å². The largest absolute Gasteiger partial charge is 0.378 e. The molecule has 0 aromatic heterocycles. The minimum Gasteiger partial charge on any atom is -0.378 e. The molecule has 6 nitrogen and oxygen atoms in total. The lowest BCUT2D eigenvalue weighted by atomic mass is 9.96. The number of morpholine rings is 1. The second-order valence-electron chi connectivity index (χ2n) is 5.30. The molecule has 1 heterocycles. The summed E-state index contributed by atoms with van der Waals surface area (Å²) in [4.78, 5) is 25.9. The summed E-state index contributed by atoms with van der Waals surface area (Å²) in [6, 6.07) is -0.551. The van der Waals surface area contributed by atoms with Gasteiger partial charge in [0, 0.05) is 13.1 Å². The van der Waals surface area contributed by atoms with Crippen LogP contribution < -0.4 is 11.1 Å². The summed E-state index contributed by atoms with van der Waals surface area (Å²) in [5, 5.41) is 2.71. The molecule has 6 heteroatoms. The zero-order valence-corrected chi connectivity index (χ0v) is 12.1. The number of rotatable bonds is 5. The topological polar surface area (TPSA) is 84.7 Å². The molecule has 110 valence electrons. The van der Waals surface area contributed by atoms with E-state index in [1.54, 1.807) is 18.7 Å². The van der Waals surface area contributed by atoms with Gasteiger partial charge in [0.25, 0.3) is 0 Å². The lowest BCUT2D eigenvalue weighted by molar-refractivity contribution is -0.140. The highest BCUT2D eigenvalue weighted by atomic mass is 16.5. The first kappa shape index (κ1) is 15.9. The van der Waals surface area contributed by atoms with E-state index >= 15 is 0 Å². The molecule has 0 bridgehead atoms. The first-order valence-electron chi connectivity index (χ1n) is 6.85. The summed E-state index contributed by atoms with van der Waals surface area (Å²) in [6.07, 6.45) is 1.42. The van der Waals surface area contributed by atoms with Crippen LogP contribution in [-0.2, 0) is 14.3 Å². The predicted molar refractivity (Wildman–Crippen MR) is 72.5 cm³/mol. The molecule has 0 aromatic carbocycles. The summed E-state index contributed by atoms with van der Waals surface area (Å²) in [7, 11) is 0. The minimum atomic E-state index is -0.922. The van der Waals surface area contributed by atoms with Crippen LogP contribution in [0.3, 0.4) is 0 Å². The Morgan fingerprint density at radius 2 is 2.00 bits per heavy atom. The molecule has 0 radical (unpaired) electrons. The van der Waals surface area contributed by atoms with Gasteiger partial charge in [-0.1, -0.05) is 13.3 Å². The highest BCUT2D eigenvalue weighted by Gasteiger charge is 2.31. The van der Waals surface area contributed by atoms with E-state index in [-0.39, 0.29) is 11.8 Å². The van der Waals surface area contributed by atoms with Crippen LogP contribution in [-0.4, -0.2) is 54.6 Å². The number of carbonyl (C=O) groups is 2. The maximum atomic E-state index is 12.1. The normalized spacial score (nSPS) is 20.5. The summed E-state index contributed by atoms with van der Waals surface area (Å²) < 4.78 is 5.20. The second-order valence-corrected chi connectivity index (χ2v) is 5.30. The van der Waals surface area contributed by atoms with Gasteiger partial charge < -0.3 is 20.7 Å². The molecule has 3 N–H and O–H groups in total. The second kappa shape index (κ2) is 6.86. The van der Waals surface area contributed by atoms with Gasteiger partial charge in [0.2, 0.25) is 11.8 Å². The SMILES string of the molecule is CCCC(C)(N)C(=O)NC(C)C(=O)N1CCOCC1. The quantitative estimate of drug-likeness (QED) is 0.729. The van der Waals surface area contributed by atoms with E-state index < -0.39 is 11.6 Å². The van der Waals surface area contributed by atoms with E-state index in [1.165, 1.54) is 0 Å². The van der Waals surface area contributed by atoms with Crippen molar-refractivity contribution in [2.45, 2.75) is 45.2 Å². The number of nitrogens with zero attached hydrogens (tertiary/aromatic N) is 1. The summed E-state index contributed by atoms with van der Waals surface area (Å²) in [6.45, 7) is 7.62. The smallest absolute Gasteiger partial charge is 0.245 e. The number of carbonyl (C=O) groups excluding carboxylic acids is 2. The van der Waals surface area contributed by atoms with Gasteiger partial charge in [-0.05, 0) is 20.3 Å². The van der Waals surface area contributed by atoms with Gasteiger partial charge in [-0.15, -0.1) is 0 Å². The monoisotopic (exact) mass is 271 g/mol. The Bertz CT molecular complexity index is 325. The van der Waals surface area contributed by atoms with Gasteiger partial charge in [0.15, 0.2) is 0 Å². The van der Waals surface area contributed by atoms with Crippen LogP contribution in [0.4, 0.5) is 0 Å². The number of nitrogens with one attached hydrogen (secondary N) is 1. The van der Waals surface area contributed by atoms with Crippen molar-refractivity contribution in [1.82, 2.24) is 10.2 Å². The molecule has 2 unspecified atom stereocenters. The maximum absolute atomic E-state index is 12.1. The highest BCUT2D eigenvalue weighted by Crippen LogP contribution is 2.09. The fourth-order valence-corrected chi connectivity index (χ4v) is 2.11. The first-order chi connectivity index (χ1) is 8.88. The molecule has 0 aliphatic carbocycles. The molecule has 0 spiro atoms. The minimum absolute atomic E-state index is 0.0797. The average Bonchev–Trinajstić information content (AvgIpc) is 2.38. The van der Waals surface area contributed by atoms with Crippen LogP contribution in [0.5, 0.6) is 0 Å². The van der Waals surface area contributed by atoms with Crippen molar-refractivity contribution in [3.05, 3.63) is 0 Å². The molecule has 1 aliphatic heterocycles. The van der Waals surface area contributed by atoms with Crippen LogP contribution in [0.25, 0.3) is 0 Å². The van der Waals surface area contributed by atoms with Crippen molar-refractivity contribution in [3.8, 4) is 0 Å². The zero-order chi connectivity index (χ0) is 14.5. The van der Waals surface area contributed by atoms with Crippen molar-refractivity contribution in [3.63, 3.8) is 0 Å². The number of hydrogen-bond donors (Lipinski definition) is 2. The Labute approximate surface area is 114 Å². The van der Waals surface area contributed by atoms with Crippen molar-refractivity contribution in [2.75, 3.05) is 26.3 Å². The van der Waals surface area contributed by atoms with E-state index in [4.69, 9.17) is 10.5 Å². The Morgan fingerprint density at radius 1 is 1.42 bits per heavy atom. The van der Waals surface area contributed by atoms with Crippen molar-refractivity contribution >= 4 is 11.8 Å². The van der Waals surface area contributed by atoms with Crippen LogP contribution >= 0.6 is 0 Å². The molecule has 1 aliphatic rings. The molecule has 2 atom stereocenters. The number of hydrogen-bond acceptors (Lipinski definition) is 4. The fourth-order valence-electron chi connectivity index (χ4n) is 2.11. The molecular weight excluding hydrogens is 246 g/mol. The predicted octanol–water partition coefficient (Wildman–Crippen LogP) is -0.133. The Kier molecular flexibility index (Phi) is 5.75. The van der Waals surface area contributed by atoms with Crippen molar-refractivity contribution in [2.24, 2.45) is 5.73 Å². The van der Waals surface area contributed by atoms with Crippen molar-refractivity contribution < 1.29 is 14.3 Å². The highest BCUT2D eigenvalue weighted by molar-refractivity contribution is 5.91. The molecule has 0 aromatic rings. The molecule has 1 saturated heterocycles. The number of amides is 2. The van der Waals surface area contributed by atoms with E-state index in [2.05, 4.69) is 5.32 Å². The standard InChI is InChI=1S/C13H25N3O3/c1-4-5-13(3,14)12(18)15-10(2)11(17)16-6-8-19-9-7-16/h10H,4-9,14H2,1-3H3,(H,15,18). The fraction of sp³-hybridized carbons (Fsp3) is 0.846. The number of nitrogens with two attached hydrogens (primary N) is 1. The number of ether oxygens (including phenoxy) is 1. The average molecular weight is 271 g/mol. The van der Waals surface area contributed by atoms with Crippen LogP contribution in [0.2, 0.25) is 0 Å². The molecule has 1 fully saturated rings. The summed E-state index contributed by atoms with van der Waals surface area (Å²) in [5.41, 5.74) is 5.02. The molecule has 1 rings (SSSR count). The summed E-state index contributed by atoms with van der Waals surface area (Å²) >= 11 is 0. The third-order valence-electron chi connectivity index (χ3n) is 3.33. The van der Waals surface area contributed by atoms with Gasteiger partial charge in [-0.3, -0.25) is 9.59 Å². The zero-order valence-electron chi connectivity index (χ0n) is 12.1. The van der Waals surface area contributed by atoms with Gasteiger partial charge in [0.05, 0.1) is 18.8 Å². The van der Waals surface area contributed by atoms with E-state index in [9.17, 15) is 9.59 Å². The molecule has 2 amide bonds. The maximum Gasteiger partial charge on any atom is 0.245 e. The van der Waals surface area contributed by atoms with Crippen molar-refractivity contribution in [1.29, 1.82) is 0 Å². The molecule has 0 saturated carbocycles.